The molecule has 0 spiro atoms. The van der Waals surface area contributed by atoms with Crippen molar-refractivity contribution in [3.63, 3.8) is 0 Å². The van der Waals surface area contributed by atoms with E-state index < -0.39 is 0 Å². The van der Waals surface area contributed by atoms with Gasteiger partial charge in [0.05, 0.1) is 30.6 Å². The average Bonchev–Trinajstić information content (AvgIpc) is 3.75. The average molecular weight is 568 g/mol. The van der Waals surface area contributed by atoms with E-state index in [0.717, 1.165) is 24.1 Å². The molecule has 0 radical (unpaired) electrons. The quantitative estimate of drug-likeness (QED) is 0.206. The number of rotatable bonds is 9. The molecule has 1 aliphatic carbocycles. The summed E-state index contributed by atoms with van der Waals surface area (Å²) < 4.78 is 12.2. The third kappa shape index (κ3) is 8.43. The molecule has 3 N–H and O–H groups in total. The van der Waals surface area contributed by atoms with Crippen molar-refractivity contribution in [2.24, 2.45) is 11.8 Å². The number of ether oxygens (including phenoxy) is 1. The first-order chi connectivity index (χ1) is 20.0. The Balaban J connectivity index is 0.000000390. The minimum absolute atomic E-state index is 0. The van der Waals surface area contributed by atoms with Gasteiger partial charge in [-0.1, -0.05) is 50.9 Å². The summed E-state index contributed by atoms with van der Waals surface area (Å²) in [6, 6.07) is 3.86. The van der Waals surface area contributed by atoms with Crippen molar-refractivity contribution >= 4 is 24.1 Å². The number of nitrogens with zero attached hydrogens (tertiary/aromatic N) is 5. The molecule has 1 fully saturated rings. The normalized spacial score (nSPS) is 19.0. The van der Waals surface area contributed by atoms with Gasteiger partial charge < -0.3 is 25.1 Å². The minimum Gasteiger partial charge on any atom is -0.397 e. The van der Waals surface area contributed by atoms with Crippen LogP contribution in [0.2, 0.25) is 0 Å². The SMILES string of the molecule is CC.CC1/C=C/Cc2ccnn2/C(C2CCCC2)=C\1NC=O.Cc1cc(N)cnc1-c1noc(CCOCC=O)n1.[HH].[HH]. The van der Waals surface area contributed by atoms with E-state index in [2.05, 4.69) is 55.4 Å². The predicted octanol–water partition coefficient (Wildman–Crippen LogP) is 5.03. The van der Waals surface area contributed by atoms with Gasteiger partial charge in [0.15, 0.2) is 0 Å². The van der Waals surface area contributed by atoms with Gasteiger partial charge in [-0.15, -0.1) is 0 Å². The molecule has 1 atom stereocenters. The lowest BCUT2D eigenvalue weighted by atomic mass is 9.94. The van der Waals surface area contributed by atoms with Gasteiger partial charge >= 0.3 is 0 Å². The van der Waals surface area contributed by atoms with E-state index in [0.29, 0.717) is 48.3 Å². The molecule has 2 aliphatic rings. The highest BCUT2D eigenvalue weighted by Crippen LogP contribution is 2.37. The molecule has 1 aliphatic heterocycles. The number of carbonyl (C=O) groups excluding carboxylic acids is 2. The maximum absolute atomic E-state index is 11.0. The Bertz CT molecular complexity index is 1330. The van der Waals surface area contributed by atoms with Crippen LogP contribution in [0.15, 0.2) is 46.9 Å². The Kier molecular flexibility index (Phi) is 12.4. The van der Waals surface area contributed by atoms with E-state index in [-0.39, 0.29) is 15.4 Å². The molecule has 1 unspecified atom stereocenters. The Morgan fingerprint density at radius 3 is 2.76 bits per heavy atom. The number of anilines is 1. The van der Waals surface area contributed by atoms with Crippen molar-refractivity contribution in [3.05, 3.63) is 59.5 Å². The standard InChI is InChI=1S/C16H21N3O.C12H14N4O3.C2H6.2H2/c1-12-5-4-8-14-9-10-18-19(14)16(15(12)17-11-20)13-6-2-3-7-13;1-8-6-9(13)7-14-11(8)12-15-10(19-16-12)2-4-18-5-3-17;1-2;;/h4-5,9-13H,2-3,6-8H2,1H3,(H,17,20);3,6-7H,2,4-5,13H2,1H3;1-2H3;2*1H/b5-4+,16-15+;;;;. The Hall–Kier alpha value is -4.12. The number of fused-ring (bicyclic) bond motifs is 1. The van der Waals surface area contributed by atoms with E-state index >= 15 is 0 Å². The van der Waals surface area contributed by atoms with Crippen LogP contribution in [0.25, 0.3) is 17.2 Å². The molecule has 3 aromatic heterocycles. The molecule has 1 amide bonds. The van der Waals surface area contributed by atoms with Gasteiger partial charge in [-0.2, -0.15) is 10.1 Å². The lowest BCUT2D eigenvalue weighted by Crippen LogP contribution is -2.25. The molecule has 41 heavy (non-hydrogen) atoms. The van der Waals surface area contributed by atoms with Crippen molar-refractivity contribution in [2.45, 2.75) is 66.2 Å². The number of aromatic nitrogens is 5. The van der Waals surface area contributed by atoms with Crippen LogP contribution in [0.3, 0.4) is 0 Å². The third-order valence-electron chi connectivity index (χ3n) is 6.81. The van der Waals surface area contributed by atoms with Gasteiger partial charge in [0.1, 0.15) is 18.6 Å². The Morgan fingerprint density at radius 1 is 1.27 bits per heavy atom. The first kappa shape index (κ1) is 31.4. The number of allylic oxidation sites excluding steroid dienone is 3. The van der Waals surface area contributed by atoms with Gasteiger partial charge in [0, 0.05) is 38.7 Å². The summed E-state index contributed by atoms with van der Waals surface area (Å²) in [7, 11) is 0. The number of hydrogen-bond acceptors (Lipinski definition) is 9. The van der Waals surface area contributed by atoms with Gasteiger partial charge in [-0.25, -0.2) is 4.68 Å². The van der Waals surface area contributed by atoms with E-state index in [1.165, 1.54) is 37.1 Å². The largest absolute Gasteiger partial charge is 0.397 e. The summed E-state index contributed by atoms with van der Waals surface area (Å²) in [4.78, 5) is 29.5. The van der Waals surface area contributed by atoms with Crippen LogP contribution in [0.5, 0.6) is 0 Å². The molecule has 4 heterocycles. The van der Waals surface area contributed by atoms with Crippen LogP contribution in [0.1, 0.15) is 66.5 Å². The Morgan fingerprint density at radius 2 is 2.05 bits per heavy atom. The smallest absolute Gasteiger partial charge is 0.229 e. The number of hydrogen-bond donors (Lipinski definition) is 2. The van der Waals surface area contributed by atoms with Crippen LogP contribution >= 0.6 is 0 Å². The molecule has 11 nitrogen and oxygen atoms in total. The van der Waals surface area contributed by atoms with Gasteiger partial charge in [-0.05, 0) is 37.5 Å². The number of nitrogens with two attached hydrogens (primary N) is 1. The number of pyridine rings is 1. The topological polar surface area (TPSA) is 151 Å². The fourth-order valence-corrected chi connectivity index (χ4v) is 4.97. The highest BCUT2D eigenvalue weighted by Gasteiger charge is 2.28. The van der Waals surface area contributed by atoms with Crippen LogP contribution in [0.4, 0.5) is 5.69 Å². The molecule has 3 aromatic rings. The van der Waals surface area contributed by atoms with Gasteiger partial charge in [-0.3, -0.25) is 9.78 Å². The molecular formula is C30H45N7O4. The molecule has 224 valence electrons. The molecule has 0 bridgehead atoms. The van der Waals surface area contributed by atoms with E-state index in [4.69, 9.17) is 15.0 Å². The van der Waals surface area contributed by atoms with Crippen LogP contribution < -0.4 is 11.1 Å². The lowest BCUT2D eigenvalue weighted by molar-refractivity contribution is -0.112. The van der Waals surface area contributed by atoms with Crippen LogP contribution in [-0.2, 0) is 27.2 Å². The predicted molar refractivity (Wildman–Crippen MR) is 161 cm³/mol. The number of nitrogens with one attached hydrogen (secondary N) is 1. The highest BCUT2D eigenvalue weighted by atomic mass is 16.5. The second-order valence-corrected chi connectivity index (χ2v) is 9.64. The molecular weight excluding hydrogens is 522 g/mol. The zero-order valence-corrected chi connectivity index (χ0v) is 24.4. The molecule has 11 heteroatoms. The lowest BCUT2D eigenvalue weighted by Gasteiger charge is -2.25. The fraction of sp³-hybridized carbons (Fsp3) is 0.467. The zero-order chi connectivity index (χ0) is 29.6. The fourth-order valence-electron chi connectivity index (χ4n) is 4.97. The van der Waals surface area contributed by atoms with Crippen molar-refractivity contribution < 1.29 is 21.7 Å². The van der Waals surface area contributed by atoms with Crippen molar-refractivity contribution in [2.75, 3.05) is 18.9 Å². The number of nitrogen functional groups attached to an aromatic ring is 1. The van der Waals surface area contributed by atoms with Crippen LogP contribution in [-0.4, -0.2) is 50.8 Å². The number of aryl methyl sites for hydroxylation is 1. The number of amides is 1. The second-order valence-electron chi connectivity index (χ2n) is 9.64. The summed E-state index contributed by atoms with van der Waals surface area (Å²) in [5, 5.41) is 11.3. The maximum atomic E-state index is 11.0. The van der Waals surface area contributed by atoms with Crippen molar-refractivity contribution in [1.82, 2.24) is 30.2 Å². The summed E-state index contributed by atoms with van der Waals surface area (Å²) in [5.74, 6) is 1.58. The summed E-state index contributed by atoms with van der Waals surface area (Å²) in [6.45, 7) is 8.43. The zero-order valence-electron chi connectivity index (χ0n) is 24.4. The maximum Gasteiger partial charge on any atom is 0.229 e. The van der Waals surface area contributed by atoms with Crippen molar-refractivity contribution in [3.8, 4) is 11.5 Å². The van der Waals surface area contributed by atoms with E-state index in [1.807, 2.05) is 27.0 Å². The molecule has 1 saturated carbocycles. The monoisotopic (exact) mass is 567 g/mol. The second kappa shape index (κ2) is 16.2. The van der Waals surface area contributed by atoms with E-state index in [1.54, 1.807) is 12.3 Å². The molecule has 0 aromatic carbocycles. The van der Waals surface area contributed by atoms with Crippen molar-refractivity contribution in [1.29, 1.82) is 0 Å². The number of aldehydes is 1. The first-order valence-electron chi connectivity index (χ1n) is 14.2. The van der Waals surface area contributed by atoms with Gasteiger partial charge in [0.25, 0.3) is 0 Å². The van der Waals surface area contributed by atoms with Crippen LogP contribution in [0, 0.1) is 18.8 Å². The van der Waals surface area contributed by atoms with E-state index in [9.17, 15) is 9.59 Å². The number of carbonyl (C=O) groups is 2. The minimum atomic E-state index is 0. The summed E-state index contributed by atoms with van der Waals surface area (Å²) in [5.41, 5.74) is 11.1. The summed E-state index contributed by atoms with van der Waals surface area (Å²) >= 11 is 0. The van der Waals surface area contributed by atoms with Gasteiger partial charge in [0.2, 0.25) is 18.1 Å². The Labute approximate surface area is 244 Å². The first-order valence-corrected chi connectivity index (χ1v) is 14.2. The molecule has 5 rings (SSSR count). The molecule has 0 saturated heterocycles. The highest BCUT2D eigenvalue weighted by molar-refractivity contribution is 5.62. The summed E-state index contributed by atoms with van der Waals surface area (Å²) in [6.07, 6.45) is 15.5. The third-order valence-corrected chi connectivity index (χ3v) is 6.81.